The standard InChI is InChI=1S/C8H7ClN2.ClH/c9-7-3-1-2-6(4-7)8(11)5-10;/h1-4,8H,11H2;1H. The second kappa shape index (κ2) is 5.00. The molecule has 0 saturated carbocycles. The van der Waals surface area contributed by atoms with Gasteiger partial charge in [-0.25, -0.2) is 0 Å². The van der Waals surface area contributed by atoms with Gasteiger partial charge in [0.2, 0.25) is 0 Å². The van der Waals surface area contributed by atoms with Crippen molar-refractivity contribution in [3.8, 4) is 6.07 Å². The minimum absolute atomic E-state index is 0. The number of rotatable bonds is 1. The smallest absolute Gasteiger partial charge is 0.118 e. The summed E-state index contributed by atoms with van der Waals surface area (Å²) in [7, 11) is 0. The van der Waals surface area contributed by atoms with Crippen LogP contribution in [0.3, 0.4) is 0 Å². The Morgan fingerprint density at radius 1 is 1.50 bits per heavy atom. The van der Waals surface area contributed by atoms with Gasteiger partial charge in [-0.05, 0) is 17.7 Å². The molecule has 64 valence electrons. The monoisotopic (exact) mass is 202 g/mol. The normalized spacial score (nSPS) is 11.1. The second-order valence-corrected chi connectivity index (χ2v) is 2.60. The third kappa shape index (κ3) is 2.71. The zero-order valence-electron chi connectivity index (χ0n) is 6.20. The van der Waals surface area contributed by atoms with E-state index in [4.69, 9.17) is 22.6 Å². The molecule has 0 aliphatic rings. The summed E-state index contributed by atoms with van der Waals surface area (Å²) >= 11 is 5.68. The number of hydrogen-bond donors (Lipinski definition) is 1. The lowest BCUT2D eigenvalue weighted by Crippen LogP contribution is -2.06. The maximum absolute atomic E-state index is 8.46. The van der Waals surface area contributed by atoms with Gasteiger partial charge in [-0.1, -0.05) is 23.7 Å². The average molecular weight is 203 g/mol. The molecule has 1 atom stereocenters. The lowest BCUT2D eigenvalue weighted by Gasteiger charge is -2.01. The first kappa shape index (κ1) is 11.2. The molecule has 0 aliphatic carbocycles. The predicted molar refractivity (Wildman–Crippen MR) is 51.2 cm³/mol. The Kier molecular flexibility index (Phi) is 4.68. The van der Waals surface area contributed by atoms with Gasteiger partial charge in [0.1, 0.15) is 6.04 Å². The Morgan fingerprint density at radius 3 is 2.67 bits per heavy atom. The van der Waals surface area contributed by atoms with Crippen molar-refractivity contribution in [2.24, 2.45) is 5.73 Å². The highest BCUT2D eigenvalue weighted by Gasteiger charge is 2.02. The van der Waals surface area contributed by atoms with Crippen molar-refractivity contribution in [1.82, 2.24) is 0 Å². The molecule has 0 aliphatic heterocycles. The average Bonchev–Trinajstić information content (AvgIpc) is 2.03. The first-order chi connectivity index (χ1) is 5.24. The Hall–Kier alpha value is -0.750. The molecule has 0 saturated heterocycles. The molecular formula is C8H8Cl2N2. The van der Waals surface area contributed by atoms with Crippen molar-refractivity contribution in [3.63, 3.8) is 0 Å². The third-order valence-electron chi connectivity index (χ3n) is 1.35. The zero-order valence-corrected chi connectivity index (χ0v) is 7.77. The van der Waals surface area contributed by atoms with E-state index >= 15 is 0 Å². The molecule has 1 rings (SSSR count). The van der Waals surface area contributed by atoms with E-state index in [-0.39, 0.29) is 12.4 Å². The van der Waals surface area contributed by atoms with E-state index in [1.807, 2.05) is 6.07 Å². The van der Waals surface area contributed by atoms with Crippen molar-refractivity contribution < 1.29 is 0 Å². The quantitative estimate of drug-likeness (QED) is 0.761. The molecule has 2 N–H and O–H groups in total. The summed E-state index contributed by atoms with van der Waals surface area (Å²) in [6.07, 6.45) is 0. The minimum Gasteiger partial charge on any atom is -0.312 e. The molecule has 0 bridgehead atoms. The van der Waals surface area contributed by atoms with Crippen molar-refractivity contribution in [2.75, 3.05) is 0 Å². The van der Waals surface area contributed by atoms with Crippen molar-refractivity contribution in [1.29, 1.82) is 5.26 Å². The lowest BCUT2D eigenvalue weighted by atomic mass is 10.1. The molecule has 2 nitrogen and oxygen atoms in total. The van der Waals surface area contributed by atoms with Crippen molar-refractivity contribution in [2.45, 2.75) is 6.04 Å². The third-order valence-corrected chi connectivity index (χ3v) is 1.58. The summed E-state index contributed by atoms with van der Waals surface area (Å²) in [4.78, 5) is 0. The van der Waals surface area contributed by atoms with E-state index in [0.717, 1.165) is 5.56 Å². The number of nitrogens with two attached hydrogens (primary N) is 1. The van der Waals surface area contributed by atoms with Crippen LogP contribution in [0.4, 0.5) is 0 Å². The van der Waals surface area contributed by atoms with Crippen LogP contribution in [0, 0.1) is 11.3 Å². The zero-order chi connectivity index (χ0) is 8.27. The van der Waals surface area contributed by atoms with Crippen LogP contribution in [-0.2, 0) is 0 Å². The van der Waals surface area contributed by atoms with Gasteiger partial charge in [0, 0.05) is 5.02 Å². The molecule has 4 heteroatoms. The Bertz CT molecular complexity index is 293. The Labute approximate surface area is 82.4 Å². The van der Waals surface area contributed by atoms with E-state index in [1.165, 1.54) is 0 Å². The first-order valence-electron chi connectivity index (χ1n) is 3.14. The molecule has 1 unspecified atom stereocenters. The SMILES string of the molecule is Cl.N#CC(N)c1cccc(Cl)c1. The molecule has 0 spiro atoms. The number of nitrogens with zero attached hydrogens (tertiary/aromatic N) is 1. The van der Waals surface area contributed by atoms with Gasteiger partial charge >= 0.3 is 0 Å². The van der Waals surface area contributed by atoms with Gasteiger partial charge in [0.15, 0.2) is 0 Å². The molecule has 1 aromatic rings. The van der Waals surface area contributed by atoms with Crippen LogP contribution in [0.1, 0.15) is 11.6 Å². The van der Waals surface area contributed by atoms with Crippen LogP contribution < -0.4 is 5.73 Å². The fourth-order valence-corrected chi connectivity index (χ4v) is 0.973. The predicted octanol–water partition coefficient (Wildman–Crippen LogP) is 2.29. The molecule has 0 radical (unpaired) electrons. The van der Waals surface area contributed by atoms with Gasteiger partial charge in [0.05, 0.1) is 6.07 Å². The van der Waals surface area contributed by atoms with E-state index in [0.29, 0.717) is 5.02 Å². The number of hydrogen-bond acceptors (Lipinski definition) is 2. The summed E-state index contributed by atoms with van der Waals surface area (Å²) in [6, 6.07) is 8.34. The summed E-state index contributed by atoms with van der Waals surface area (Å²) in [5.41, 5.74) is 6.19. The fourth-order valence-electron chi connectivity index (χ4n) is 0.775. The summed E-state index contributed by atoms with van der Waals surface area (Å²) in [5, 5.41) is 9.07. The molecule has 0 aromatic heterocycles. The molecule has 1 aromatic carbocycles. The van der Waals surface area contributed by atoms with Gasteiger partial charge in [-0.2, -0.15) is 5.26 Å². The van der Waals surface area contributed by atoms with E-state index in [1.54, 1.807) is 24.3 Å². The molecule has 12 heavy (non-hydrogen) atoms. The van der Waals surface area contributed by atoms with Gasteiger partial charge in [-0.15, -0.1) is 12.4 Å². The summed E-state index contributed by atoms with van der Waals surface area (Å²) in [5.74, 6) is 0. The first-order valence-corrected chi connectivity index (χ1v) is 3.52. The maximum atomic E-state index is 8.46. The Balaban J connectivity index is 0.00000121. The van der Waals surface area contributed by atoms with Crippen LogP contribution in [0.25, 0.3) is 0 Å². The molecule has 0 heterocycles. The molecule has 0 amide bonds. The van der Waals surface area contributed by atoms with Crippen molar-refractivity contribution >= 4 is 24.0 Å². The maximum Gasteiger partial charge on any atom is 0.118 e. The fraction of sp³-hybridized carbons (Fsp3) is 0.125. The largest absolute Gasteiger partial charge is 0.312 e. The van der Waals surface area contributed by atoms with Crippen molar-refractivity contribution in [3.05, 3.63) is 34.9 Å². The topological polar surface area (TPSA) is 49.8 Å². The summed E-state index contributed by atoms with van der Waals surface area (Å²) < 4.78 is 0. The van der Waals surface area contributed by atoms with Crippen LogP contribution in [0.15, 0.2) is 24.3 Å². The van der Waals surface area contributed by atoms with Crippen LogP contribution in [0.2, 0.25) is 5.02 Å². The van der Waals surface area contributed by atoms with E-state index < -0.39 is 6.04 Å². The van der Waals surface area contributed by atoms with Crippen LogP contribution in [0.5, 0.6) is 0 Å². The minimum atomic E-state index is -0.575. The second-order valence-electron chi connectivity index (χ2n) is 2.16. The van der Waals surface area contributed by atoms with E-state index in [9.17, 15) is 0 Å². The van der Waals surface area contributed by atoms with Crippen LogP contribution in [-0.4, -0.2) is 0 Å². The molecular weight excluding hydrogens is 195 g/mol. The highest BCUT2D eigenvalue weighted by atomic mass is 35.5. The number of nitriles is 1. The lowest BCUT2D eigenvalue weighted by molar-refractivity contribution is 0.926. The Morgan fingerprint density at radius 2 is 2.17 bits per heavy atom. The number of benzene rings is 1. The molecule has 0 fully saturated rings. The highest BCUT2D eigenvalue weighted by molar-refractivity contribution is 6.30. The van der Waals surface area contributed by atoms with Gasteiger partial charge in [0.25, 0.3) is 0 Å². The van der Waals surface area contributed by atoms with Gasteiger partial charge < -0.3 is 5.73 Å². The van der Waals surface area contributed by atoms with Crippen LogP contribution >= 0.6 is 24.0 Å². The van der Waals surface area contributed by atoms with Gasteiger partial charge in [-0.3, -0.25) is 0 Å². The number of halogens is 2. The summed E-state index contributed by atoms with van der Waals surface area (Å²) in [6.45, 7) is 0. The van der Waals surface area contributed by atoms with E-state index in [2.05, 4.69) is 0 Å². The highest BCUT2D eigenvalue weighted by Crippen LogP contribution is 2.14.